The highest BCUT2D eigenvalue weighted by Crippen LogP contribution is 2.38. The van der Waals surface area contributed by atoms with Gasteiger partial charge in [0.25, 0.3) is 0 Å². The molecule has 1 aliphatic heterocycles. The maximum atomic E-state index is 11.9. The minimum atomic E-state index is -0.232. The molecule has 0 atom stereocenters. The van der Waals surface area contributed by atoms with Crippen LogP contribution in [0.2, 0.25) is 5.02 Å². The molecule has 25 heavy (non-hydrogen) atoms. The van der Waals surface area contributed by atoms with Gasteiger partial charge >= 0.3 is 0 Å². The van der Waals surface area contributed by atoms with E-state index in [0.29, 0.717) is 23.4 Å². The van der Waals surface area contributed by atoms with E-state index < -0.39 is 0 Å². The van der Waals surface area contributed by atoms with Gasteiger partial charge in [0.1, 0.15) is 12.4 Å². The number of aromatic nitrogens is 2. The Morgan fingerprint density at radius 2 is 2.28 bits per heavy atom. The van der Waals surface area contributed by atoms with E-state index in [9.17, 15) is 4.79 Å². The molecule has 0 saturated heterocycles. The molecule has 1 aromatic heterocycles. The number of carbonyl (C=O) groups is 1. The molecule has 1 saturated carbocycles. The zero-order valence-electron chi connectivity index (χ0n) is 13.4. The van der Waals surface area contributed by atoms with Crippen LogP contribution in [0.5, 0.6) is 5.75 Å². The average molecular weight is 358 g/mol. The van der Waals surface area contributed by atoms with Gasteiger partial charge in [-0.05, 0) is 42.7 Å². The quantitative estimate of drug-likeness (QED) is 0.831. The molecule has 2 aromatic rings. The number of carbonyl (C=O) groups excluding carboxylic acids is 1. The lowest BCUT2D eigenvalue weighted by atomic mass is 10.1. The van der Waals surface area contributed by atoms with Gasteiger partial charge < -0.3 is 14.6 Å². The number of nitrogens with zero attached hydrogens (tertiary/aromatic N) is 2. The van der Waals surface area contributed by atoms with Crippen LogP contribution in [0.15, 0.2) is 40.4 Å². The van der Waals surface area contributed by atoms with Crippen LogP contribution >= 0.6 is 11.6 Å². The first-order valence-corrected chi connectivity index (χ1v) is 8.46. The Morgan fingerprint density at radius 3 is 3.12 bits per heavy atom. The van der Waals surface area contributed by atoms with E-state index in [1.54, 1.807) is 12.1 Å². The van der Waals surface area contributed by atoms with Crippen molar-refractivity contribution in [3.63, 3.8) is 0 Å². The maximum Gasteiger partial charge on any atom is 0.246 e. The molecule has 1 aromatic carbocycles. The lowest BCUT2D eigenvalue weighted by Crippen LogP contribution is -2.20. The van der Waals surface area contributed by atoms with Crippen molar-refractivity contribution in [3.05, 3.63) is 58.2 Å². The van der Waals surface area contributed by atoms with Crippen molar-refractivity contribution < 1.29 is 14.1 Å². The molecule has 0 unspecified atom stereocenters. The summed E-state index contributed by atoms with van der Waals surface area (Å²) in [7, 11) is 0. The lowest BCUT2D eigenvalue weighted by Gasteiger charge is -2.16. The fraction of sp³-hybridized carbons (Fsp3) is 0.278. The van der Waals surface area contributed by atoms with Gasteiger partial charge in [-0.15, -0.1) is 0 Å². The summed E-state index contributed by atoms with van der Waals surface area (Å²) in [5, 5.41) is 7.29. The Labute approximate surface area is 149 Å². The number of rotatable bonds is 5. The molecule has 128 valence electrons. The second-order valence-corrected chi connectivity index (χ2v) is 6.50. The highest BCUT2D eigenvalue weighted by molar-refractivity contribution is 6.30. The second kappa shape index (κ2) is 6.72. The SMILES string of the molecule is O=C(/C=C/C1=Cc2cc(Cl)ccc2OC1)NCc1nc(C2CC2)no1. The molecule has 2 heterocycles. The molecule has 7 heteroatoms. The summed E-state index contributed by atoms with van der Waals surface area (Å²) < 4.78 is 10.8. The molecule has 4 rings (SSSR count). The van der Waals surface area contributed by atoms with Crippen LogP contribution in [0, 0.1) is 0 Å². The number of hydrogen-bond donors (Lipinski definition) is 1. The Hall–Kier alpha value is -2.60. The number of halogens is 1. The van der Waals surface area contributed by atoms with Crippen LogP contribution in [0.3, 0.4) is 0 Å². The summed E-state index contributed by atoms with van der Waals surface area (Å²) in [6, 6.07) is 5.45. The van der Waals surface area contributed by atoms with Crippen molar-refractivity contribution in [2.24, 2.45) is 0 Å². The van der Waals surface area contributed by atoms with E-state index in [-0.39, 0.29) is 12.5 Å². The van der Waals surface area contributed by atoms with Crippen molar-refractivity contribution in [2.75, 3.05) is 6.61 Å². The van der Waals surface area contributed by atoms with Gasteiger partial charge in [0.2, 0.25) is 11.8 Å². The predicted molar refractivity (Wildman–Crippen MR) is 92.2 cm³/mol. The zero-order chi connectivity index (χ0) is 17.2. The molecule has 1 fully saturated rings. The molecule has 1 N–H and O–H groups in total. The van der Waals surface area contributed by atoms with Crippen molar-refractivity contribution in [2.45, 2.75) is 25.3 Å². The minimum absolute atomic E-state index is 0.219. The molecule has 0 radical (unpaired) electrons. The number of amides is 1. The van der Waals surface area contributed by atoms with Gasteiger partial charge in [0.15, 0.2) is 5.82 Å². The second-order valence-electron chi connectivity index (χ2n) is 6.06. The van der Waals surface area contributed by atoms with Crippen molar-refractivity contribution in [1.82, 2.24) is 15.5 Å². The van der Waals surface area contributed by atoms with E-state index in [1.165, 1.54) is 6.08 Å². The molecule has 0 spiro atoms. The molecular formula is C18H16ClN3O3. The van der Waals surface area contributed by atoms with E-state index >= 15 is 0 Å². The fourth-order valence-electron chi connectivity index (χ4n) is 2.51. The molecule has 0 bridgehead atoms. The number of benzene rings is 1. The molecular weight excluding hydrogens is 342 g/mol. The number of fused-ring (bicyclic) bond motifs is 1. The fourth-order valence-corrected chi connectivity index (χ4v) is 2.69. The van der Waals surface area contributed by atoms with Crippen molar-refractivity contribution in [1.29, 1.82) is 0 Å². The highest BCUT2D eigenvalue weighted by atomic mass is 35.5. The smallest absolute Gasteiger partial charge is 0.246 e. The van der Waals surface area contributed by atoms with E-state index in [1.807, 2.05) is 18.2 Å². The van der Waals surface area contributed by atoms with Crippen LogP contribution < -0.4 is 10.1 Å². The van der Waals surface area contributed by atoms with Gasteiger partial charge in [-0.1, -0.05) is 22.8 Å². The first kappa shape index (κ1) is 15.9. The van der Waals surface area contributed by atoms with Crippen molar-refractivity contribution >= 4 is 23.6 Å². The highest BCUT2D eigenvalue weighted by Gasteiger charge is 2.28. The largest absolute Gasteiger partial charge is 0.488 e. The summed E-state index contributed by atoms with van der Waals surface area (Å²) in [5.74, 6) is 2.15. The third kappa shape index (κ3) is 3.91. The first-order chi connectivity index (χ1) is 12.2. The lowest BCUT2D eigenvalue weighted by molar-refractivity contribution is -0.116. The first-order valence-electron chi connectivity index (χ1n) is 8.09. The van der Waals surface area contributed by atoms with Gasteiger partial charge in [-0.25, -0.2) is 0 Å². The van der Waals surface area contributed by atoms with Crippen LogP contribution in [0.4, 0.5) is 0 Å². The summed E-state index contributed by atoms with van der Waals surface area (Å²) in [5.41, 5.74) is 1.79. The normalized spacial score (nSPS) is 16.3. The molecule has 1 amide bonds. The summed E-state index contributed by atoms with van der Waals surface area (Å²) >= 11 is 5.99. The van der Waals surface area contributed by atoms with Crippen LogP contribution in [0.1, 0.15) is 36.0 Å². The minimum Gasteiger partial charge on any atom is -0.488 e. The van der Waals surface area contributed by atoms with Crippen LogP contribution in [-0.2, 0) is 11.3 Å². The maximum absolute atomic E-state index is 11.9. The average Bonchev–Trinajstić information content (AvgIpc) is 3.36. The van der Waals surface area contributed by atoms with Gasteiger partial charge in [-0.3, -0.25) is 4.79 Å². The third-order valence-corrected chi connectivity index (χ3v) is 4.23. The van der Waals surface area contributed by atoms with E-state index in [0.717, 1.165) is 35.6 Å². The zero-order valence-corrected chi connectivity index (χ0v) is 14.1. The topological polar surface area (TPSA) is 77.2 Å². The van der Waals surface area contributed by atoms with E-state index in [2.05, 4.69) is 15.5 Å². The van der Waals surface area contributed by atoms with Crippen LogP contribution in [0.25, 0.3) is 6.08 Å². The van der Waals surface area contributed by atoms with Gasteiger partial charge in [-0.2, -0.15) is 4.98 Å². The van der Waals surface area contributed by atoms with Crippen LogP contribution in [-0.4, -0.2) is 22.7 Å². The Balaban J connectivity index is 1.34. The Bertz CT molecular complexity index is 868. The summed E-state index contributed by atoms with van der Waals surface area (Å²) in [6.45, 7) is 0.629. The van der Waals surface area contributed by atoms with Gasteiger partial charge in [0, 0.05) is 22.6 Å². The predicted octanol–water partition coefficient (Wildman–Crippen LogP) is 3.25. The standard InChI is InChI=1S/C18H16ClN3O3/c19-14-4-5-15-13(8-14)7-11(10-24-15)1-6-16(23)20-9-17-21-18(22-25-17)12-2-3-12/h1,4-8,12H,2-3,9-10H2,(H,20,23)/b6-1+. The van der Waals surface area contributed by atoms with Gasteiger partial charge in [0.05, 0.1) is 6.54 Å². The Morgan fingerprint density at radius 1 is 1.40 bits per heavy atom. The number of ether oxygens (including phenoxy) is 1. The summed E-state index contributed by atoms with van der Waals surface area (Å²) in [4.78, 5) is 16.2. The van der Waals surface area contributed by atoms with Crippen molar-refractivity contribution in [3.8, 4) is 5.75 Å². The molecule has 6 nitrogen and oxygen atoms in total. The Kier molecular flexibility index (Phi) is 4.28. The third-order valence-electron chi connectivity index (χ3n) is 4.00. The number of nitrogens with one attached hydrogen (secondary N) is 1. The van der Waals surface area contributed by atoms with E-state index in [4.69, 9.17) is 20.9 Å². The molecule has 2 aliphatic rings. The molecule has 1 aliphatic carbocycles. The number of hydrogen-bond acceptors (Lipinski definition) is 5. The monoisotopic (exact) mass is 357 g/mol. The summed E-state index contributed by atoms with van der Waals surface area (Å²) in [6.07, 6.45) is 7.36.